The van der Waals surface area contributed by atoms with Gasteiger partial charge >= 0.3 is 0 Å². The van der Waals surface area contributed by atoms with E-state index >= 15 is 0 Å². The Bertz CT molecular complexity index is 622. The third kappa shape index (κ3) is 3.57. The van der Waals surface area contributed by atoms with E-state index in [1.54, 1.807) is 7.05 Å². The Balaban J connectivity index is 2.05. The van der Waals surface area contributed by atoms with Crippen molar-refractivity contribution in [1.82, 2.24) is 0 Å². The first-order valence-electron chi connectivity index (χ1n) is 8.44. The van der Waals surface area contributed by atoms with E-state index in [0.717, 1.165) is 24.9 Å². The van der Waals surface area contributed by atoms with Crippen LogP contribution in [0.5, 0.6) is 0 Å². The minimum atomic E-state index is 0.297. The summed E-state index contributed by atoms with van der Waals surface area (Å²) in [6.45, 7) is 4.81. The van der Waals surface area contributed by atoms with Crippen LogP contribution >= 0.6 is 12.6 Å². The molecular formula is C17H25N5S. The first-order chi connectivity index (χ1) is 11.2. The maximum atomic E-state index is 4.61. The second-order valence-electron chi connectivity index (χ2n) is 6.33. The average molecular weight is 331 g/mol. The number of benzene rings is 1. The third-order valence-electron chi connectivity index (χ3n) is 4.57. The molecule has 1 aromatic carbocycles. The lowest BCUT2D eigenvalue weighted by molar-refractivity contribution is 0.629. The molecule has 0 N–H and O–H groups in total. The minimum absolute atomic E-state index is 0.297. The predicted octanol–water partition coefficient (Wildman–Crippen LogP) is 4.37. The zero-order valence-corrected chi connectivity index (χ0v) is 14.9. The Morgan fingerprint density at radius 2 is 2.00 bits per heavy atom. The van der Waals surface area contributed by atoms with Gasteiger partial charge in [-0.3, -0.25) is 0 Å². The number of anilines is 1. The fourth-order valence-corrected chi connectivity index (χ4v) is 3.90. The molecule has 124 valence electrons. The van der Waals surface area contributed by atoms with Gasteiger partial charge in [0.2, 0.25) is 0 Å². The SMILES string of the molecule is CN=NCN=Nc1cc2c3c(c1CC(C)S)CCCN3CCC2. The Morgan fingerprint density at radius 3 is 2.74 bits per heavy atom. The normalized spacial score (nSPS) is 18.7. The van der Waals surface area contributed by atoms with Crippen LogP contribution in [0.1, 0.15) is 36.5 Å². The highest BCUT2D eigenvalue weighted by atomic mass is 32.1. The predicted molar refractivity (Wildman–Crippen MR) is 97.6 cm³/mol. The molecule has 0 saturated carbocycles. The molecule has 5 nitrogen and oxygen atoms in total. The van der Waals surface area contributed by atoms with Crippen LogP contribution in [0.4, 0.5) is 11.4 Å². The molecule has 0 saturated heterocycles. The van der Waals surface area contributed by atoms with Crippen LogP contribution in [0.25, 0.3) is 0 Å². The van der Waals surface area contributed by atoms with Crippen LogP contribution in [0.2, 0.25) is 0 Å². The Hall–Kier alpha value is -1.43. The van der Waals surface area contributed by atoms with Gasteiger partial charge in [-0.1, -0.05) is 6.92 Å². The monoisotopic (exact) mass is 331 g/mol. The molecular weight excluding hydrogens is 306 g/mol. The topological polar surface area (TPSA) is 52.7 Å². The molecule has 23 heavy (non-hydrogen) atoms. The van der Waals surface area contributed by atoms with Crippen LogP contribution in [-0.4, -0.2) is 32.1 Å². The van der Waals surface area contributed by atoms with E-state index in [2.05, 4.69) is 51.0 Å². The molecule has 2 heterocycles. The number of nitrogens with zero attached hydrogens (tertiary/aromatic N) is 5. The first kappa shape index (κ1) is 16.4. The standard InChI is InChI=1S/C17H25N5S/c1-12(23)9-15-14-6-4-8-22-7-3-5-13(17(14)22)10-16(15)21-20-11-19-18-2/h10,12,23H,3-9,11H2,1-2H3. The summed E-state index contributed by atoms with van der Waals surface area (Å²) in [5.41, 5.74) is 6.75. The molecule has 0 aromatic heterocycles. The number of rotatable bonds is 5. The zero-order valence-electron chi connectivity index (χ0n) is 14.0. The lowest BCUT2D eigenvalue weighted by Crippen LogP contribution is -2.35. The summed E-state index contributed by atoms with van der Waals surface area (Å²) >= 11 is 4.61. The number of aryl methyl sites for hydroxylation is 1. The number of hydrogen-bond acceptors (Lipinski definition) is 6. The lowest BCUT2D eigenvalue weighted by Gasteiger charge is -2.38. The van der Waals surface area contributed by atoms with E-state index in [4.69, 9.17) is 0 Å². The van der Waals surface area contributed by atoms with Gasteiger partial charge in [0.25, 0.3) is 0 Å². The van der Waals surface area contributed by atoms with E-state index in [0.29, 0.717) is 11.9 Å². The molecule has 0 fully saturated rings. The van der Waals surface area contributed by atoms with Crippen molar-refractivity contribution < 1.29 is 0 Å². The van der Waals surface area contributed by atoms with Gasteiger partial charge in [0.05, 0.1) is 5.69 Å². The maximum Gasteiger partial charge on any atom is 0.171 e. The van der Waals surface area contributed by atoms with Gasteiger partial charge in [-0.25, -0.2) is 0 Å². The Kier molecular flexibility index (Phi) is 5.30. The molecule has 1 atom stereocenters. The molecule has 0 bridgehead atoms. The third-order valence-corrected chi connectivity index (χ3v) is 4.75. The van der Waals surface area contributed by atoms with Crippen molar-refractivity contribution in [1.29, 1.82) is 0 Å². The van der Waals surface area contributed by atoms with Gasteiger partial charge in [0.1, 0.15) is 0 Å². The van der Waals surface area contributed by atoms with Crippen LogP contribution in [0.15, 0.2) is 26.5 Å². The minimum Gasteiger partial charge on any atom is -0.371 e. The number of hydrogen-bond donors (Lipinski definition) is 1. The van der Waals surface area contributed by atoms with E-state index in [1.807, 2.05) is 0 Å². The number of azo groups is 2. The van der Waals surface area contributed by atoms with Crippen molar-refractivity contribution >= 4 is 24.0 Å². The van der Waals surface area contributed by atoms with Crippen LogP contribution in [0, 0.1) is 0 Å². The molecule has 0 radical (unpaired) electrons. The van der Waals surface area contributed by atoms with Gasteiger partial charge in [-0.15, -0.1) is 0 Å². The summed E-state index contributed by atoms with van der Waals surface area (Å²) in [7, 11) is 1.65. The summed E-state index contributed by atoms with van der Waals surface area (Å²) in [6.07, 6.45) is 5.68. The summed E-state index contributed by atoms with van der Waals surface area (Å²) < 4.78 is 0. The van der Waals surface area contributed by atoms with E-state index in [-0.39, 0.29) is 0 Å². The molecule has 0 aliphatic carbocycles. The summed E-state index contributed by atoms with van der Waals surface area (Å²) in [4.78, 5) is 2.57. The second kappa shape index (κ2) is 7.43. The molecule has 2 aliphatic heterocycles. The van der Waals surface area contributed by atoms with Crippen LogP contribution < -0.4 is 4.90 Å². The fraction of sp³-hybridized carbons (Fsp3) is 0.647. The summed E-state index contributed by atoms with van der Waals surface area (Å²) in [6, 6.07) is 2.24. The quantitative estimate of drug-likeness (QED) is 0.632. The lowest BCUT2D eigenvalue weighted by atomic mass is 9.86. The molecule has 6 heteroatoms. The molecule has 3 rings (SSSR count). The van der Waals surface area contributed by atoms with Crippen molar-refractivity contribution in [3.63, 3.8) is 0 Å². The number of thiol groups is 1. The summed E-state index contributed by atoms with van der Waals surface area (Å²) in [5.74, 6) is 0. The Labute approximate surface area is 143 Å². The van der Waals surface area contributed by atoms with Gasteiger partial charge in [0, 0.05) is 31.1 Å². The maximum absolute atomic E-state index is 4.61. The Morgan fingerprint density at radius 1 is 1.22 bits per heavy atom. The molecule has 1 unspecified atom stereocenters. The zero-order chi connectivity index (χ0) is 16.2. The highest BCUT2D eigenvalue weighted by Crippen LogP contribution is 2.42. The molecule has 1 aromatic rings. The van der Waals surface area contributed by atoms with E-state index in [1.165, 1.54) is 48.3 Å². The first-order valence-corrected chi connectivity index (χ1v) is 8.96. The van der Waals surface area contributed by atoms with Gasteiger partial charge in [0.15, 0.2) is 6.67 Å². The van der Waals surface area contributed by atoms with Crippen molar-refractivity contribution in [2.45, 2.75) is 44.3 Å². The smallest absolute Gasteiger partial charge is 0.171 e. The fourth-order valence-electron chi connectivity index (χ4n) is 3.72. The molecule has 0 amide bonds. The van der Waals surface area contributed by atoms with Crippen LogP contribution in [-0.2, 0) is 19.3 Å². The summed E-state index contributed by atoms with van der Waals surface area (Å²) in [5, 5.41) is 16.6. The second-order valence-corrected chi connectivity index (χ2v) is 7.21. The largest absolute Gasteiger partial charge is 0.371 e. The average Bonchev–Trinajstić information content (AvgIpc) is 2.54. The highest BCUT2D eigenvalue weighted by Gasteiger charge is 2.27. The van der Waals surface area contributed by atoms with E-state index < -0.39 is 0 Å². The van der Waals surface area contributed by atoms with Gasteiger partial charge in [-0.05, 0) is 54.9 Å². The molecule has 2 aliphatic rings. The van der Waals surface area contributed by atoms with Crippen molar-refractivity contribution in [2.24, 2.45) is 20.5 Å². The van der Waals surface area contributed by atoms with Gasteiger partial charge in [-0.2, -0.15) is 33.1 Å². The highest BCUT2D eigenvalue weighted by molar-refractivity contribution is 7.80. The van der Waals surface area contributed by atoms with Crippen molar-refractivity contribution in [3.8, 4) is 0 Å². The van der Waals surface area contributed by atoms with Crippen LogP contribution in [0.3, 0.4) is 0 Å². The molecule has 0 spiro atoms. The van der Waals surface area contributed by atoms with Crippen molar-refractivity contribution in [2.75, 3.05) is 31.7 Å². The van der Waals surface area contributed by atoms with Gasteiger partial charge < -0.3 is 4.90 Å². The van der Waals surface area contributed by atoms with E-state index in [9.17, 15) is 0 Å². The van der Waals surface area contributed by atoms with Crippen molar-refractivity contribution in [3.05, 3.63) is 22.8 Å².